The van der Waals surface area contributed by atoms with E-state index in [-0.39, 0.29) is 29.7 Å². The van der Waals surface area contributed by atoms with E-state index in [2.05, 4.69) is 4.72 Å². The van der Waals surface area contributed by atoms with Crippen LogP contribution in [0, 0.1) is 5.92 Å². The molecule has 1 aliphatic rings. The zero-order chi connectivity index (χ0) is 10.8. The standard InChI is InChI=1S/C7H15NO4S2/c1-2-14(11,12)8-5-7-3-4-13(9,10)6-7/h7-8H,2-6H2,1H3. The van der Waals surface area contributed by atoms with E-state index in [0.717, 1.165) is 0 Å². The molecular formula is C7H15NO4S2. The first-order valence-corrected chi connectivity index (χ1v) is 8.00. The molecule has 1 atom stereocenters. The van der Waals surface area contributed by atoms with Gasteiger partial charge in [0.1, 0.15) is 0 Å². The molecule has 0 radical (unpaired) electrons. The molecule has 14 heavy (non-hydrogen) atoms. The number of rotatable bonds is 4. The first-order chi connectivity index (χ1) is 6.35. The molecule has 0 aliphatic carbocycles. The minimum absolute atomic E-state index is 0.0342. The lowest BCUT2D eigenvalue weighted by molar-refractivity contribution is 0.544. The molecule has 0 spiro atoms. The zero-order valence-electron chi connectivity index (χ0n) is 8.06. The summed E-state index contributed by atoms with van der Waals surface area (Å²) in [5, 5.41) is 0. The van der Waals surface area contributed by atoms with E-state index in [4.69, 9.17) is 0 Å². The van der Waals surface area contributed by atoms with Crippen molar-refractivity contribution >= 4 is 19.9 Å². The van der Waals surface area contributed by atoms with E-state index in [1.807, 2.05) is 0 Å². The molecule has 0 amide bonds. The van der Waals surface area contributed by atoms with Gasteiger partial charge in [-0.05, 0) is 19.3 Å². The van der Waals surface area contributed by atoms with Gasteiger partial charge < -0.3 is 0 Å². The first-order valence-electron chi connectivity index (χ1n) is 4.52. The molecule has 1 unspecified atom stereocenters. The average molecular weight is 241 g/mol. The predicted octanol–water partition coefficient (Wildman–Crippen LogP) is -0.640. The third-order valence-electron chi connectivity index (χ3n) is 2.30. The summed E-state index contributed by atoms with van der Waals surface area (Å²) in [5.74, 6) is 0.276. The summed E-state index contributed by atoms with van der Waals surface area (Å²) in [7, 11) is -6.09. The molecule has 84 valence electrons. The molecule has 7 heteroatoms. The van der Waals surface area contributed by atoms with Gasteiger partial charge in [0.25, 0.3) is 0 Å². The highest BCUT2D eigenvalue weighted by molar-refractivity contribution is 7.91. The topological polar surface area (TPSA) is 80.3 Å². The van der Waals surface area contributed by atoms with Gasteiger partial charge in [0.15, 0.2) is 9.84 Å². The van der Waals surface area contributed by atoms with Gasteiger partial charge in [0, 0.05) is 6.54 Å². The molecule has 5 nitrogen and oxygen atoms in total. The van der Waals surface area contributed by atoms with Gasteiger partial charge >= 0.3 is 0 Å². The van der Waals surface area contributed by atoms with Crippen LogP contribution < -0.4 is 4.72 Å². The Kier molecular flexibility index (Phi) is 3.54. The number of hydrogen-bond acceptors (Lipinski definition) is 4. The highest BCUT2D eigenvalue weighted by Gasteiger charge is 2.28. The Labute approximate surface area is 84.9 Å². The second kappa shape index (κ2) is 4.16. The van der Waals surface area contributed by atoms with E-state index >= 15 is 0 Å². The minimum Gasteiger partial charge on any atom is -0.229 e. The van der Waals surface area contributed by atoms with Crippen molar-refractivity contribution < 1.29 is 16.8 Å². The van der Waals surface area contributed by atoms with Crippen LogP contribution in [0.15, 0.2) is 0 Å². The molecule has 0 aromatic heterocycles. The highest BCUT2D eigenvalue weighted by atomic mass is 32.2. The van der Waals surface area contributed by atoms with Crippen LogP contribution in [0.1, 0.15) is 13.3 Å². The lowest BCUT2D eigenvalue weighted by atomic mass is 10.1. The molecule has 0 aromatic carbocycles. The zero-order valence-corrected chi connectivity index (χ0v) is 9.70. The Morgan fingerprint density at radius 3 is 2.50 bits per heavy atom. The fourth-order valence-corrected chi connectivity index (χ4v) is 3.94. The molecule has 1 N–H and O–H groups in total. The summed E-state index contributed by atoms with van der Waals surface area (Å²) in [6.45, 7) is 1.79. The Hall–Kier alpha value is -0.140. The maximum atomic E-state index is 11.1. The van der Waals surface area contributed by atoms with E-state index in [9.17, 15) is 16.8 Å². The van der Waals surface area contributed by atoms with Crippen molar-refractivity contribution in [1.82, 2.24) is 4.72 Å². The van der Waals surface area contributed by atoms with Gasteiger partial charge in [-0.25, -0.2) is 21.6 Å². The lowest BCUT2D eigenvalue weighted by Crippen LogP contribution is -2.31. The number of hydrogen-bond donors (Lipinski definition) is 1. The third-order valence-corrected chi connectivity index (χ3v) is 5.50. The van der Waals surface area contributed by atoms with Gasteiger partial charge in [0.2, 0.25) is 10.0 Å². The number of nitrogens with one attached hydrogen (secondary N) is 1. The normalized spacial score (nSPS) is 26.5. The fraction of sp³-hybridized carbons (Fsp3) is 1.00. The quantitative estimate of drug-likeness (QED) is 0.710. The Morgan fingerprint density at radius 2 is 2.07 bits per heavy atom. The van der Waals surface area contributed by atoms with E-state index in [0.29, 0.717) is 6.42 Å². The Balaban J connectivity index is 2.42. The molecule has 1 rings (SSSR count). The van der Waals surface area contributed by atoms with Crippen LogP contribution in [0.3, 0.4) is 0 Å². The minimum atomic E-state index is -3.19. The van der Waals surface area contributed by atoms with Gasteiger partial charge in [0.05, 0.1) is 17.3 Å². The van der Waals surface area contributed by atoms with Gasteiger partial charge in [-0.15, -0.1) is 0 Å². The van der Waals surface area contributed by atoms with E-state index in [1.165, 1.54) is 0 Å². The van der Waals surface area contributed by atoms with Crippen LogP contribution in [0.4, 0.5) is 0 Å². The second-order valence-corrected chi connectivity index (χ2v) is 7.85. The van der Waals surface area contributed by atoms with Crippen molar-refractivity contribution in [2.75, 3.05) is 23.8 Å². The Bertz CT molecular complexity index is 384. The number of sulfonamides is 1. The van der Waals surface area contributed by atoms with Crippen LogP contribution in [-0.2, 0) is 19.9 Å². The molecule has 0 aromatic rings. The molecule has 1 saturated heterocycles. The Morgan fingerprint density at radius 1 is 1.43 bits per heavy atom. The summed E-state index contributed by atoms with van der Waals surface area (Å²) in [6.07, 6.45) is 0.564. The number of sulfone groups is 1. The summed E-state index contributed by atoms with van der Waals surface area (Å²) in [5.41, 5.74) is 0. The molecule has 1 fully saturated rings. The van der Waals surface area contributed by atoms with Crippen molar-refractivity contribution in [3.05, 3.63) is 0 Å². The summed E-state index contributed by atoms with van der Waals surface area (Å²) in [4.78, 5) is 0. The van der Waals surface area contributed by atoms with Crippen molar-refractivity contribution in [3.8, 4) is 0 Å². The van der Waals surface area contributed by atoms with Crippen LogP contribution in [0.25, 0.3) is 0 Å². The van der Waals surface area contributed by atoms with E-state index in [1.54, 1.807) is 6.92 Å². The highest BCUT2D eigenvalue weighted by Crippen LogP contribution is 2.17. The SMILES string of the molecule is CCS(=O)(=O)NCC1CCS(=O)(=O)C1. The van der Waals surface area contributed by atoms with Gasteiger partial charge in [-0.1, -0.05) is 0 Å². The lowest BCUT2D eigenvalue weighted by Gasteiger charge is -2.08. The van der Waals surface area contributed by atoms with Crippen molar-refractivity contribution in [1.29, 1.82) is 0 Å². The molecule has 1 aliphatic heterocycles. The molecule has 0 saturated carbocycles. The van der Waals surface area contributed by atoms with Crippen LogP contribution >= 0.6 is 0 Å². The van der Waals surface area contributed by atoms with Crippen molar-refractivity contribution in [2.45, 2.75) is 13.3 Å². The summed E-state index contributed by atoms with van der Waals surface area (Å²) >= 11 is 0. The average Bonchev–Trinajstić information content (AvgIpc) is 2.43. The molecular weight excluding hydrogens is 226 g/mol. The fourth-order valence-electron chi connectivity index (χ4n) is 1.38. The van der Waals surface area contributed by atoms with E-state index < -0.39 is 19.9 Å². The molecule has 0 bridgehead atoms. The third kappa shape index (κ3) is 3.55. The van der Waals surface area contributed by atoms with Crippen molar-refractivity contribution in [2.24, 2.45) is 5.92 Å². The second-order valence-electron chi connectivity index (χ2n) is 3.52. The van der Waals surface area contributed by atoms with Crippen molar-refractivity contribution in [3.63, 3.8) is 0 Å². The molecule has 1 heterocycles. The van der Waals surface area contributed by atoms with Gasteiger partial charge in [-0.2, -0.15) is 0 Å². The first kappa shape index (κ1) is 11.9. The summed E-state index contributed by atoms with van der Waals surface area (Å²) < 4.78 is 46.6. The monoisotopic (exact) mass is 241 g/mol. The maximum Gasteiger partial charge on any atom is 0.211 e. The van der Waals surface area contributed by atoms with Crippen LogP contribution in [0.2, 0.25) is 0 Å². The van der Waals surface area contributed by atoms with Gasteiger partial charge in [-0.3, -0.25) is 0 Å². The summed E-state index contributed by atoms with van der Waals surface area (Å²) in [6, 6.07) is 0. The van der Waals surface area contributed by atoms with Crippen LogP contribution in [0.5, 0.6) is 0 Å². The maximum absolute atomic E-state index is 11.1. The smallest absolute Gasteiger partial charge is 0.211 e. The van der Waals surface area contributed by atoms with Crippen LogP contribution in [-0.4, -0.2) is 40.6 Å². The predicted molar refractivity (Wildman–Crippen MR) is 54.2 cm³/mol. The largest absolute Gasteiger partial charge is 0.229 e.